The van der Waals surface area contributed by atoms with Crippen LogP contribution in [0.15, 0.2) is 29.2 Å². The Morgan fingerprint density at radius 1 is 0.917 bits per heavy atom. The number of rotatable bonds is 5. The van der Waals surface area contributed by atoms with E-state index in [1.54, 1.807) is 34.1 Å². The maximum absolute atomic E-state index is 13.0. The first-order valence-corrected chi connectivity index (χ1v) is 14.4. The highest BCUT2D eigenvalue weighted by molar-refractivity contribution is 7.89. The number of hydrogen-bond acceptors (Lipinski definition) is 5. The predicted octanol–water partition coefficient (Wildman–Crippen LogP) is 2.69. The lowest BCUT2D eigenvalue weighted by atomic mass is 9.94. The quantitative estimate of drug-likeness (QED) is 0.645. The Morgan fingerprint density at radius 2 is 1.53 bits per heavy atom. The summed E-state index contributed by atoms with van der Waals surface area (Å²) in [7, 11) is -3.51. The molecule has 3 aliphatic rings. The van der Waals surface area contributed by atoms with Crippen LogP contribution in [0.1, 0.15) is 59.3 Å². The molecular formula is C26H38N4O5S. The Morgan fingerprint density at radius 3 is 2.08 bits per heavy atom. The molecule has 1 atom stereocenters. The molecule has 1 aromatic rings. The molecule has 3 amide bonds. The van der Waals surface area contributed by atoms with Gasteiger partial charge in [0.25, 0.3) is 0 Å². The van der Waals surface area contributed by atoms with Crippen LogP contribution in [-0.4, -0.2) is 78.5 Å². The van der Waals surface area contributed by atoms with Crippen molar-refractivity contribution in [1.29, 1.82) is 0 Å². The van der Waals surface area contributed by atoms with E-state index in [4.69, 9.17) is 0 Å². The average Bonchev–Trinajstić information content (AvgIpc) is 3.27. The molecule has 36 heavy (non-hydrogen) atoms. The summed E-state index contributed by atoms with van der Waals surface area (Å²) in [4.78, 5) is 42.0. The van der Waals surface area contributed by atoms with Crippen LogP contribution in [0, 0.1) is 11.8 Å². The number of hydrogen-bond donors (Lipinski definition) is 1. The third kappa shape index (κ3) is 5.75. The van der Waals surface area contributed by atoms with Crippen LogP contribution in [0.2, 0.25) is 0 Å². The van der Waals surface area contributed by atoms with Gasteiger partial charge in [0.2, 0.25) is 27.7 Å². The number of likely N-dealkylation sites (tertiary alicyclic amines) is 2. The zero-order chi connectivity index (χ0) is 26.1. The molecule has 3 fully saturated rings. The molecule has 0 spiro atoms. The topological polar surface area (TPSA) is 107 Å². The van der Waals surface area contributed by atoms with Gasteiger partial charge in [0.15, 0.2) is 0 Å². The molecule has 4 rings (SSSR count). The molecule has 3 aliphatic heterocycles. The lowest BCUT2D eigenvalue weighted by Crippen LogP contribution is -2.46. The van der Waals surface area contributed by atoms with Crippen molar-refractivity contribution in [2.45, 2.75) is 69.7 Å². The van der Waals surface area contributed by atoms with Crippen LogP contribution < -0.4 is 5.32 Å². The van der Waals surface area contributed by atoms with Gasteiger partial charge in [-0.1, -0.05) is 6.42 Å². The summed E-state index contributed by atoms with van der Waals surface area (Å²) in [5, 5.41) is 2.90. The first-order chi connectivity index (χ1) is 17.0. The van der Waals surface area contributed by atoms with Crippen LogP contribution in [0.3, 0.4) is 0 Å². The molecule has 0 aromatic heterocycles. The summed E-state index contributed by atoms with van der Waals surface area (Å²) >= 11 is 0. The summed E-state index contributed by atoms with van der Waals surface area (Å²) in [6.45, 7) is 8.45. The van der Waals surface area contributed by atoms with E-state index >= 15 is 0 Å². The highest BCUT2D eigenvalue weighted by atomic mass is 32.2. The first-order valence-electron chi connectivity index (χ1n) is 13.0. The summed E-state index contributed by atoms with van der Waals surface area (Å²) in [5.74, 6) is -0.642. The maximum atomic E-state index is 13.0. The number of amides is 3. The number of carbonyl (C=O) groups excluding carboxylic acids is 3. The van der Waals surface area contributed by atoms with Crippen LogP contribution in [0.4, 0.5) is 5.69 Å². The number of benzene rings is 1. The van der Waals surface area contributed by atoms with Crippen LogP contribution in [-0.2, 0) is 24.4 Å². The fourth-order valence-electron chi connectivity index (χ4n) is 5.35. The molecule has 1 N–H and O–H groups in total. The van der Waals surface area contributed by atoms with Crippen molar-refractivity contribution in [2.24, 2.45) is 11.8 Å². The standard InChI is InChI=1S/C26H38N4O5S/c1-26(2,3)30-18-20(17-23(30)31)25(33)28-15-11-19(12-16-28)24(32)27-21-7-9-22(10-8-21)36(34,35)29-13-5-4-6-14-29/h7-10,19-20H,4-6,11-18H2,1-3H3,(H,27,32). The molecule has 3 heterocycles. The molecule has 0 aliphatic carbocycles. The smallest absolute Gasteiger partial charge is 0.243 e. The zero-order valence-electron chi connectivity index (χ0n) is 21.5. The van der Waals surface area contributed by atoms with Gasteiger partial charge >= 0.3 is 0 Å². The van der Waals surface area contributed by atoms with E-state index in [1.165, 1.54) is 4.31 Å². The normalized spacial score (nSPS) is 22.6. The molecule has 3 saturated heterocycles. The second-order valence-corrected chi connectivity index (χ2v) is 13.1. The minimum atomic E-state index is -3.51. The van der Waals surface area contributed by atoms with Gasteiger partial charge in [0.1, 0.15) is 0 Å². The first kappa shape index (κ1) is 26.6. The van der Waals surface area contributed by atoms with E-state index in [9.17, 15) is 22.8 Å². The number of nitrogens with zero attached hydrogens (tertiary/aromatic N) is 3. The molecular weight excluding hydrogens is 480 g/mol. The van der Waals surface area contributed by atoms with Crippen LogP contribution >= 0.6 is 0 Å². The molecule has 198 valence electrons. The third-order valence-corrected chi connectivity index (χ3v) is 9.45. The maximum Gasteiger partial charge on any atom is 0.243 e. The lowest BCUT2D eigenvalue weighted by molar-refractivity contribution is -0.138. The van der Waals surface area contributed by atoms with E-state index in [1.807, 2.05) is 20.8 Å². The van der Waals surface area contributed by atoms with E-state index < -0.39 is 10.0 Å². The largest absolute Gasteiger partial charge is 0.342 e. The second-order valence-electron chi connectivity index (χ2n) is 11.2. The fraction of sp³-hybridized carbons (Fsp3) is 0.654. The van der Waals surface area contributed by atoms with Crippen molar-refractivity contribution in [3.63, 3.8) is 0 Å². The highest BCUT2D eigenvalue weighted by Crippen LogP contribution is 2.29. The van der Waals surface area contributed by atoms with E-state index in [-0.39, 0.29) is 46.4 Å². The molecule has 1 unspecified atom stereocenters. The van der Waals surface area contributed by atoms with Gasteiger partial charge in [0.05, 0.1) is 10.8 Å². The van der Waals surface area contributed by atoms with Gasteiger partial charge in [0, 0.05) is 56.3 Å². The lowest BCUT2D eigenvalue weighted by Gasteiger charge is -2.34. The summed E-state index contributed by atoms with van der Waals surface area (Å²) in [6.07, 6.45) is 4.18. The Kier molecular flexibility index (Phi) is 7.75. The summed E-state index contributed by atoms with van der Waals surface area (Å²) in [5.41, 5.74) is 0.260. The number of piperidine rings is 2. The third-order valence-electron chi connectivity index (χ3n) is 7.54. The van der Waals surface area contributed by atoms with Crippen molar-refractivity contribution >= 4 is 33.4 Å². The Hall–Kier alpha value is -2.46. The summed E-state index contributed by atoms with van der Waals surface area (Å²) < 4.78 is 27.2. The van der Waals surface area contributed by atoms with Crippen molar-refractivity contribution < 1.29 is 22.8 Å². The summed E-state index contributed by atoms with van der Waals surface area (Å²) in [6, 6.07) is 6.35. The minimum absolute atomic E-state index is 0.000498. The van der Waals surface area contributed by atoms with Crippen molar-refractivity contribution in [2.75, 3.05) is 38.0 Å². The van der Waals surface area contributed by atoms with Crippen LogP contribution in [0.5, 0.6) is 0 Å². The van der Waals surface area contributed by atoms with Crippen molar-refractivity contribution in [3.05, 3.63) is 24.3 Å². The number of carbonyl (C=O) groups is 3. The zero-order valence-corrected chi connectivity index (χ0v) is 22.3. The van der Waals surface area contributed by atoms with Gasteiger partial charge in [-0.05, 0) is 70.7 Å². The Bertz CT molecular complexity index is 1080. The minimum Gasteiger partial charge on any atom is -0.342 e. The Balaban J connectivity index is 1.28. The van der Waals surface area contributed by atoms with Gasteiger partial charge in [-0.3, -0.25) is 14.4 Å². The monoisotopic (exact) mass is 518 g/mol. The molecule has 10 heteroatoms. The Labute approximate surface area is 214 Å². The van der Waals surface area contributed by atoms with Crippen LogP contribution in [0.25, 0.3) is 0 Å². The fourth-order valence-corrected chi connectivity index (χ4v) is 6.87. The second kappa shape index (κ2) is 10.5. The average molecular weight is 519 g/mol. The SMILES string of the molecule is CC(C)(C)N1CC(C(=O)N2CCC(C(=O)Nc3ccc(S(=O)(=O)N4CCCCC4)cc3)CC2)CC1=O. The molecule has 9 nitrogen and oxygen atoms in total. The molecule has 0 saturated carbocycles. The highest BCUT2D eigenvalue weighted by Gasteiger charge is 2.41. The number of sulfonamides is 1. The van der Waals surface area contributed by atoms with E-state index in [0.717, 1.165) is 19.3 Å². The molecule has 1 aromatic carbocycles. The molecule has 0 bridgehead atoms. The van der Waals surface area contributed by atoms with Crippen molar-refractivity contribution in [3.8, 4) is 0 Å². The number of nitrogens with one attached hydrogen (secondary N) is 1. The predicted molar refractivity (Wildman–Crippen MR) is 137 cm³/mol. The van der Waals surface area contributed by atoms with Crippen molar-refractivity contribution in [1.82, 2.24) is 14.1 Å². The van der Waals surface area contributed by atoms with Gasteiger partial charge in [-0.25, -0.2) is 8.42 Å². The van der Waals surface area contributed by atoms with Gasteiger partial charge in [-0.2, -0.15) is 4.31 Å². The van der Waals surface area contributed by atoms with E-state index in [0.29, 0.717) is 51.3 Å². The van der Waals surface area contributed by atoms with E-state index in [2.05, 4.69) is 5.32 Å². The molecule has 0 radical (unpaired) electrons. The number of anilines is 1. The van der Waals surface area contributed by atoms with Gasteiger partial charge in [-0.15, -0.1) is 0 Å². The van der Waals surface area contributed by atoms with Gasteiger partial charge < -0.3 is 15.1 Å².